The topological polar surface area (TPSA) is 24.9 Å². The van der Waals surface area contributed by atoms with E-state index in [2.05, 4.69) is 147 Å². The second-order valence-electron chi connectivity index (χ2n) is 10.0. The Hall–Kier alpha value is -5.13. The highest BCUT2D eigenvalue weighted by Gasteiger charge is 2.16. The minimum Gasteiger partial charge on any atom is -0.384 e. The molecule has 40 heavy (non-hydrogen) atoms. The zero-order valence-corrected chi connectivity index (χ0v) is 22.8. The van der Waals surface area contributed by atoms with Gasteiger partial charge in [0.1, 0.15) is 0 Å². The molecule has 2 heterocycles. The fraction of sp³-hybridized carbons (Fsp3) is 0.0789. The van der Waals surface area contributed by atoms with Crippen molar-refractivity contribution in [2.45, 2.75) is 20.4 Å². The van der Waals surface area contributed by atoms with Crippen molar-refractivity contribution in [2.24, 2.45) is 0 Å². The maximum absolute atomic E-state index is 5.15. The molecule has 1 aliphatic heterocycles. The molecular weight excluding hydrogens is 484 g/mol. The summed E-state index contributed by atoms with van der Waals surface area (Å²) in [6, 6.07) is 37.3. The van der Waals surface area contributed by atoms with Crippen molar-refractivity contribution in [3.05, 3.63) is 132 Å². The average molecular weight is 515 g/mol. The SMILES string of the molecule is C#C.C/C=C\C1=C(C)NCc2ccc(-c3cccc(-c4ccc5c6ccccc6c6ccccc6c5c4)n3)cc21. The third-order valence-corrected chi connectivity index (χ3v) is 7.77. The summed E-state index contributed by atoms with van der Waals surface area (Å²) in [6.07, 6.45) is 12.3. The van der Waals surface area contributed by atoms with Gasteiger partial charge in [0.05, 0.1) is 11.4 Å². The van der Waals surface area contributed by atoms with Gasteiger partial charge in [0.25, 0.3) is 0 Å². The van der Waals surface area contributed by atoms with Crippen LogP contribution in [0.1, 0.15) is 25.0 Å². The van der Waals surface area contributed by atoms with E-state index in [0.29, 0.717) is 0 Å². The normalized spacial score (nSPS) is 12.8. The zero-order valence-electron chi connectivity index (χ0n) is 22.8. The van der Waals surface area contributed by atoms with Crippen molar-refractivity contribution in [2.75, 3.05) is 0 Å². The van der Waals surface area contributed by atoms with Crippen LogP contribution in [-0.2, 0) is 6.54 Å². The molecule has 2 nitrogen and oxygen atoms in total. The Balaban J connectivity index is 0.00000142. The van der Waals surface area contributed by atoms with Gasteiger partial charge in [-0.1, -0.05) is 91.0 Å². The second-order valence-corrected chi connectivity index (χ2v) is 10.0. The molecule has 0 bridgehead atoms. The van der Waals surface area contributed by atoms with E-state index in [1.807, 2.05) is 0 Å². The lowest BCUT2D eigenvalue weighted by molar-refractivity contribution is 0.797. The highest BCUT2D eigenvalue weighted by molar-refractivity contribution is 6.25. The molecule has 1 aromatic heterocycles. The lowest BCUT2D eigenvalue weighted by Gasteiger charge is -2.22. The molecule has 0 radical (unpaired) electrons. The van der Waals surface area contributed by atoms with Crippen molar-refractivity contribution < 1.29 is 0 Å². The quantitative estimate of drug-likeness (QED) is 0.188. The van der Waals surface area contributed by atoms with Gasteiger partial charge in [0, 0.05) is 28.9 Å². The van der Waals surface area contributed by atoms with Gasteiger partial charge in [0.15, 0.2) is 0 Å². The number of nitrogens with zero attached hydrogens (tertiary/aromatic N) is 1. The van der Waals surface area contributed by atoms with Gasteiger partial charge < -0.3 is 5.32 Å². The van der Waals surface area contributed by atoms with Gasteiger partial charge in [-0.3, -0.25) is 0 Å². The summed E-state index contributed by atoms with van der Waals surface area (Å²) >= 11 is 0. The van der Waals surface area contributed by atoms with Crippen molar-refractivity contribution in [1.29, 1.82) is 0 Å². The summed E-state index contributed by atoms with van der Waals surface area (Å²) in [7, 11) is 0. The number of terminal acetylenes is 1. The van der Waals surface area contributed by atoms with Crippen molar-refractivity contribution in [3.8, 4) is 35.4 Å². The Labute approximate surface area is 235 Å². The molecule has 0 unspecified atom stereocenters. The van der Waals surface area contributed by atoms with Crippen LogP contribution in [0.15, 0.2) is 121 Å². The van der Waals surface area contributed by atoms with E-state index in [1.165, 1.54) is 54.7 Å². The smallest absolute Gasteiger partial charge is 0.0709 e. The van der Waals surface area contributed by atoms with Crippen molar-refractivity contribution in [3.63, 3.8) is 0 Å². The number of rotatable bonds is 3. The number of fused-ring (bicyclic) bond motifs is 7. The predicted octanol–water partition coefficient (Wildman–Crippen LogP) is 9.53. The molecule has 5 aromatic carbocycles. The summed E-state index contributed by atoms with van der Waals surface area (Å²) in [5, 5.41) is 11.2. The largest absolute Gasteiger partial charge is 0.384 e. The standard InChI is InChI=1S/C36H28N2.C2H2/c1-3-9-27-23(2)37-22-26-17-16-24(20-33(26)27)35-14-8-15-36(38-35)25-18-19-32-30-12-5-4-10-28(30)29-11-6-7-13-31(29)34(32)21-25;1-2/h3-21,37H,22H2,1-2H3;1-2H/b9-3-;. The van der Waals surface area contributed by atoms with Crippen LogP contribution in [0.25, 0.3) is 60.4 Å². The van der Waals surface area contributed by atoms with Crippen LogP contribution in [0, 0.1) is 12.8 Å². The van der Waals surface area contributed by atoms with Crippen LogP contribution in [0.2, 0.25) is 0 Å². The molecule has 0 amide bonds. The van der Waals surface area contributed by atoms with Crippen LogP contribution in [0.3, 0.4) is 0 Å². The summed E-state index contributed by atoms with van der Waals surface area (Å²) in [6.45, 7) is 5.07. The monoisotopic (exact) mass is 514 g/mol. The third-order valence-electron chi connectivity index (χ3n) is 7.77. The summed E-state index contributed by atoms with van der Waals surface area (Å²) in [5.41, 5.74) is 9.31. The number of allylic oxidation sites excluding steroid dienone is 4. The van der Waals surface area contributed by atoms with E-state index in [0.717, 1.165) is 29.1 Å². The van der Waals surface area contributed by atoms with E-state index in [1.54, 1.807) is 0 Å². The maximum atomic E-state index is 5.15. The van der Waals surface area contributed by atoms with Crippen LogP contribution in [-0.4, -0.2) is 4.98 Å². The minimum atomic E-state index is 0.857. The first-order valence-corrected chi connectivity index (χ1v) is 13.6. The molecule has 0 saturated carbocycles. The second kappa shape index (κ2) is 10.6. The molecule has 1 N–H and O–H groups in total. The van der Waals surface area contributed by atoms with E-state index >= 15 is 0 Å². The fourth-order valence-corrected chi connectivity index (χ4v) is 5.87. The Morgan fingerprint density at radius 3 is 1.82 bits per heavy atom. The number of nitrogens with one attached hydrogen (secondary N) is 1. The molecule has 0 saturated heterocycles. The summed E-state index contributed by atoms with van der Waals surface area (Å²) < 4.78 is 0. The molecule has 0 spiro atoms. The average Bonchev–Trinajstić information content (AvgIpc) is 3.03. The van der Waals surface area contributed by atoms with Crippen LogP contribution >= 0.6 is 0 Å². The first-order chi connectivity index (χ1) is 19.7. The number of benzene rings is 5. The van der Waals surface area contributed by atoms with E-state index in [4.69, 9.17) is 4.98 Å². The molecule has 2 heteroatoms. The van der Waals surface area contributed by atoms with Crippen LogP contribution in [0.5, 0.6) is 0 Å². The number of pyridine rings is 1. The van der Waals surface area contributed by atoms with Crippen LogP contribution in [0.4, 0.5) is 0 Å². The molecule has 0 atom stereocenters. The first-order valence-electron chi connectivity index (χ1n) is 13.6. The van der Waals surface area contributed by atoms with Gasteiger partial charge in [-0.15, -0.1) is 12.8 Å². The number of aromatic nitrogens is 1. The maximum Gasteiger partial charge on any atom is 0.0709 e. The predicted molar refractivity (Wildman–Crippen MR) is 172 cm³/mol. The van der Waals surface area contributed by atoms with E-state index in [-0.39, 0.29) is 0 Å². The Morgan fingerprint density at radius 1 is 0.650 bits per heavy atom. The third kappa shape index (κ3) is 4.23. The van der Waals surface area contributed by atoms with Gasteiger partial charge in [-0.2, -0.15) is 0 Å². The van der Waals surface area contributed by atoms with Gasteiger partial charge in [-0.25, -0.2) is 4.98 Å². The highest BCUT2D eigenvalue weighted by Crippen LogP contribution is 2.37. The van der Waals surface area contributed by atoms with Crippen LogP contribution < -0.4 is 5.32 Å². The van der Waals surface area contributed by atoms with Crippen molar-refractivity contribution >= 4 is 37.9 Å². The number of hydrogen-bond acceptors (Lipinski definition) is 2. The molecule has 0 aliphatic carbocycles. The molecule has 1 aliphatic rings. The van der Waals surface area contributed by atoms with Gasteiger partial charge >= 0.3 is 0 Å². The Kier molecular flexibility index (Phi) is 6.64. The summed E-state index contributed by atoms with van der Waals surface area (Å²) in [4.78, 5) is 5.15. The zero-order chi connectivity index (χ0) is 27.6. The lowest BCUT2D eigenvalue weighted by Crippen LogP contribution is -2.18. The van der Waals surface area contributed by atoms with E-state index < -0.39 is 0 Å². The first kappa shape index (κ1) is 25.2. The molecule has 0 fully saturated rings. The number of hydrogen-bond donors (Lipinski definition) is 1. The summed E-state index contributed by atoms with van der Waals surface area (Å²) in [5.74, 6) is 0. The molecule has 192 valence electrons. The van der Waals surface area contributed by atoms with Crippen molar-refractivity contribution in [1.82, 2.24) is 10.3 Å². The Morgan fingerprint density at radius 2 is 1.20 bits per heavy atom. The molecule has 6 aromatic rings. The molecular formula is C38H30N2. The van der Waals surface area contributed by atoms with E-state index in [9.17, 15) is 0 Å². The minimum absolute atomic E-state index is 0.857. The fourth-order valence-electron chi connectivity index (χ4n) is 5.87. The van der Waals surface area contributed by atoms with Gasteiger partial charge in [0.2, 0.25) is 0 Å². The Bertz CT molecular complexity index is 1950. The lowest BCUT2D eigenvalue weighted by atomic mass is 9.91. The molecule has 7 rings (SSSR count). The van der Waals surface area contributed by atoms with Gasteiger partial charge in [-0.05, 0) is 81.6 Å². The highest BCUT2D eigenvalue weighted by atomic mass is 14.9.